The minimum Gasteiger partial charge on any atom is -0.496 e. The van der Waals surface area contributed by atoms with Crippen LogP contribution in [-0.2, 0) is 16.6 Å². The maximum absolute atomic E-state index is 13.1. The lowest BCUT2D eigenvalue weighted by atomic mass is 10.0. The number of amides is 1. The van der Waals surface area contributed by atoms with E-state index in [2.05, 4.69) is 32.5 Å². The summed E-state index contributed by atoms with van der Waals surface area (Å²) in [4.78, 5) is 29.1. The van der Waals surface area contributed by atoms with E-state index < -0.39 is 31.4 Å². The third-order valence-corrected chi connectivity index (χ3v) is 11.2. The molecule has 2 heterocycles. The van der Waals surface area contributed by atoms with Crippen molar-refractivity contribution in [3.8, 4) is 22.6 Å². The molecule has 2 N–H and O–H groups in total. The number of ether oxygens (including phenoxy) is 2. The van der Waals surface area contributed by atoms with Crippen LogP contribution in [0, 0.1) is 10.1 Å². The van der Waals surface area contributed by atoms with Crippen LogP contribution < -0.4 is 24.4 Å². The zero-order valence-corrected chi connectivity index (χ0v) is 32.0. The number of thioether (sulfide) groups is 1. The average molecular weight is 784 g/mol. The number of hydrogen-bond donors (Lipinski definition) is 2. The molecule has 0 spiro atoms. The molecule has 55 heavy (non-hydrogen) atoms. The third-order valence-electron chi connectivity index (χ3n) is 8.89. The molecular weight excluding hydrogens is 743 g/mol. The van der Waals surface area contributed by atoms with Gasteiger partial charge >= 0.3 is 0 Å². The van der Waals surface area contributed by atoms with Crippen molar-refractivity contribution in [2.24, 2.45) is 0 Å². The zero-order chi connectivity index (χ0) is 38.8. The molecule has 1 aliphatic heterocycles. The SMILES string of the molecule is CCOc1ccc(-c2ccc(CN3CCN(c4ccc(C(=O)NS(=O)(=O)c5ccc(NCCSc6ccccc6)c([N+](=O)[O-])c5)nn4)CC3)c(OC)c2)cc1. The number of benzene rings is 4. The number of nitro benzene ring substituents is 1. The summed E-state index contributed by atoms with van der Waals surface area (Å²) in [6.07, 6.45) is 0. The van der Waals surface area contributed by atoms with E-state index in [0.29, 0.717) is 44.4 Å². The molecule has 0 saturated carbocycles. The summed E-state index contributed by atoms with van der Waals surface area (Å²) in [5.41, 5.74) is 2.73. The minimum atomic E-state index is -4.46. The second-order valence-corrected chi connectivity index (χ2v) is 15.3. The van der Waals surface area contributed by atoms with Gasteiger partial charge < -0.3 is 19.7 Å². The van der Waals surface area contributed by atoms with Crippen molar-refractivity contribution < 1.29 is 27.6 Å². The molecule has 1 aromatic heterocycles. The third kappa shape index (κ3) is 10.1. The monoisotopic (exact) mass is 783 g/mol. The molecule has 0 atom stereocenters. The van der Waals surface area contributed by atoms with Crippen LogP contribution in [0.4, 0.5) is 17.2 Å². The van der Waals surface area contributed by atoms with E-state index in [1.54, 1.807) is 24.9 Å². The van der Waals surface area contributed by atoms with E-state index in [1.807, 2.05) is 77.2 Å². The van der Waals surface area contributed by atoms with E-state index in [4.69, 9.17) is 9.47 Å². The zero-order valence-electron chi connectivity index (χ0n) is 30.4. The number of carbonyl (C=O) groups is 1. The molecule has 286 valence electrons. The van der Waals surface area contributed by atoms with Gasteiger partial charge in [-0.05, 0) is 72.6 Å². The number of methoxy groups -OCH3 is 1. The van der Waals surface area contributed by atoms with Gasteiger partial charge in [0.15, 0.2) is 11.5 Å². The van der Waals surface area contributed by atoms with Crippen LogP contribution >= 0.6 is 11.8 Å². The number of hydrogen-bond acceptors (Lipinski definition) is 13. The lowest BCUT2D eigenvalue weighted by molar-refractivity contribution is -0.384. The fourth-order valence-electron chi connectivity index (χ4n) is 6.04. The lowest BCUT2D eigenvalue weighted by Crippen LogP contribution is -2.46. The Morgan fingerprint density at radius 1 is 0.909 bits per heavy atom. The van der Waals surface area contributed by atoms with Gasteiger partial charge in [0.25, 0.3) is 21.6 Å². The second-order valence-electron chi connectivity index (χ2n) is 12.5. The molecule has 0 radical (unpaired) electrons. The molecule has 0 unspecified atom stereocenters. The van der Waals surface area contributed by atoms with Gasteiger partial charge in [-0.2, -0.15) is 0 Å². The van der Waals surface area contributed by atoms with E-state index >= 15 is 0 Å². The Morgan fingerprint density at radius 2 is 1.65 bits per heavy atom. The van der Waals surface area contributed by atoms with Crippen LogP contribution in [0.3, 0.4) is 0 Å². The fraction of sp³-hybridized carbons (Fsp3) is 0.256. The van der Waals surface area contributed by atoms with Crippen molar-refractivity contribution >= 4 is 44.9 Å². The first-order valence-electron chi connectivity index (χ1n) is 17.6. The predicted octanol–water partition coefficient (Wildman–Crippen LogP) is 6.10. The Hall–Kier alpha value is -5.71. The minimum absolute atomic E-state index is 0.167. The van der Waals surface area contributed by atoms with Gasteiger partial charge in [-0.25, -0.2) is 13.1 Å². The van der Waals surface area contributed by atoms with Gasteiger partial charge in [-0.1, -0.05) is 42.5 Å². The van der Waals surface area contributed by atoms with Gasteiger partial charge in [0.1, 0.15) is 17.2 Å². The smallest absolute Gasteiger partial charge is 0.293 e. The standard InChI is InChI=1S/C39H41N7O7S2/c1-3-53-31-13-11-28(12-14-31)29-9-10-30(37(25-29)52-2)27-44-20-22-45(23-21-44)38-18-17-35(41-42-38)39(47)43-55(50,51)33-15-16-34(36(26-33)46(48)49)40-19-24-54-32-7-5-4-6-8-32/h4-18,25-26,40H,3,19-24,27H2,1-2H3,(H,43,47). The molecule has 4 aromatic carbocycles. The number of piperazine rings is 1. The Labute approximate surface area is 324 Å². The molecule has 0 aliphatic carbocycles. The van der Waals surface area contributed by atoms with E-state index in [1.165, 1.54) is 18.2 Å². The maximum Gasteiger partial charge on any atom is 0.293 e. The van der Waals surface area contributed by atoms with Crippen LogP contribution in [0.25, 0.3) is 11.1 Å². The van der Waals surface area contributed by atoms with Gasteiger partial charge in [-0.3, -0.25) is 19.8 Å². The molecule has 1 amide bonds. The summed E-state index contributed by atoms with van der Waals surface area (Å²) < 4.78 is 39.5. The van der Waals surface area contributed by atoms with E-state index in [-0.39, 0.29) is 11.4 Å². The first-order valence-corrected chi connectivity index (χ1v) is 20.1. The van der Waals surface area contributed by atoms with Gasteiger partial charge in [-0.15, -0.1) is 22.0 Å². The van der Waals surface area contributed by atoms with Crippen LogP contribution in [0.15, 0.2) is 113 Å². The number of rotatable bonds is 16. The van der Waals surface area contributed by atoms with Crippen LogP contribution in [-0.4, -0.2) is 86.5 Å². The number of nitro groups is 1. The van der Waals surface area contributed by atoms with Crippen LogP contribution in [0.1, 0.15) is 23.0 Å². The van der Waals surface area contributed by atoms with Crippen LogP contribution in [0.5, 0.6) is 11.5 Å². The number of nitrogens with one attached hydrogen (secondary N) is 2. The largest absolute Gasteiger partial charge is 0.496 e. The predicted molar refractivity (Wildman–Crippen MR) is 213 cm³/mol. The quantitative estimate of drug-likeness (QED) is 0.0510. The summed E-state index contributed by atoms with van der Waals surface area (Å²) >= 11 is 1.58. The van der Waals surface area contributed by atoms with Gasteiger partial charge in [0, 0.05) is 61.5 Å². The molecule has 1 aliphatic rings. The Morgan fingerprint density at radius 3 is 2.33 bits per heavy atom. The topological polar surface area (TPSA) is 169 Å². The highest BCUT2D eigenvalue weighted by Crippen LogP contribution is 2.31. The molecular formula is C39H41N7O7S2. The Kier molecular flexibility index (Phi) is 12.8. The summed E-state index contributed by atoms with van der Waals surface area (Å²) in [5.74, 6) is 1.82. The lowest BCUT2D eigenvalue weighted by Gasteiger charge is -2.35. The average Bonchev–Trinajstić information content (AvgIpc) is 3.20. The summed E-state index contributed by atoms with van der Waals surface area (Å²) in [7, 11) is -2.79. The highest BCUT2D eigenvalue weighted by Gasteiger charge is 2.25. The molecule has 1 saturated heterocycles. The van der Waals surface area contributed by atoms with Crippen molar-refractivity contribution in [1.82, 2.24) is 19.8 Å². The Balaban J connectivity index is 1.01. The molecule has 16 heteroatoms. The fourth-order valence-corrected chi connectivity index (χ4v) is 7.81. The highest BCUT2D eigenvalue weighted by atomic mass is 32.2. The van der Waals surface area contributed by atoms with Crippen molar-refractivity contribution in [2.45, 2.75) is 23.3 Å². The first kappa shape index (κ1) is 39.0. The number of sulfonamides is 1. The summed E-state index contributed by atoms with van der Waals surface area (Å²) in [6, 6.07) is 30.4. The number of nitrogens with zero attached hydrogens (tertiary/aromatic N) is 5. The second kappa shape index (κ2) is 18.1. The number of aromatic nitrogens is 2. The van der Waals surface area contributed by atoms with Gasteiger partial charge in [0.2, 0.25) is 0 Å². The van der Waals surface area contributed by atoms with Crippen LogP contribution in [0.2, 0.25) is 0 Å². The van der Waals surface area contributed by atoms with E-state index in [9.17, 15) is 23.3 Å². The number of carbonyl (C=O) groups excluding carboxylic acids is 1. The maximum atomic E-state index is 13.1. The molecule has 1 fully saturated rings. The van der Waals surface area contributed by atoms with E-state index in [0.717, 1.165) is 52.2 Å². The van der Waals surface area contributed by atoms with Crippen molar-refractivity contribution in [2.75, 3.05) is 62.4 Å². The molecule has 6 rings (SSSR count). The Bertz CT molecular complexity index is 2200. The molecule has 5 aromatic rings. The first-order chi connectivity index (χ1) is 26.6. The van der Waals surface area contributed by atoms with Crippen molar-refractivity contribution in [3.63, 3.8) is 0 Å². The van der Waals surface area contributed by atoms with Crippen molar-refractivity contribution in [1.29, 1.82) is 0 Å². The number of anilines is 2. The van der Waals surface area contributed by atoms with Gasteiger partial charge in [0.05, 0.1) is 23.5 Å². The normalized spacial score (nSPS) is 13.2. The molecule has 14 nitrogen and oxygen atoms in total. The summed E-state index contributed by atoms with van der Waals surface area (Å²) in [6.45, 7) is 6.51. The summed E-state index contributed by atoms with van der Waals surface area (Å²) in [5, 5.41) is 23.0. The molecule has 0 bridgehead atoms. The van der Waals surface area contributed by atoms with Crippen molar-refractivity contribution in [3.05, 3.63) is 124 Å². The highest BCUT2D eigenvalue weighted by molar-refractivity contribution is 7.99.